The molecule has 0 fully saturated rings. The van der Waals surface area contributed by atoms with Gasteiger partial charge in [-0.25, -0.2) is 9.37 Å². The fourth-order valence-electron chi connectivity index (χ4n) is 1.76. The zero-order valence-corrected chi connectivity index (χ0v) is 9.15. The van der Waals surface area contributed by atoms with Crippen LogP contribution >= 0.6 is 0 Å². The molecule has 2 N–H and O–H groups in total. The standard InChI is InChI=1S/C12H14FN3/c1-16-8-15-12(11(16)5-6-14)9-3-2-4-10(13)7-9/h2-4,7-8H,5-6,14H2,1H3. The number of aromatic nitrogens is 2. The van der Waals surface area contributed by atoms with Crippen LogP contribution in [0.5, 0.6) is 0 Å². The van der Waals surface area contributed by atoms with Crippen molar-refractivity contribution in [1.82, 2.24) is 9.55 Å². The molecule has 0 aliphatic rings. The van der Waals surface area contributed by atoms with Crippen LogP contribution in [0.4, 0.5) is 4.39 Å². The van der Waals surface area contributed by atoms with Crippen LogP contribution in [0.3, 0.4) is 0 Å². The summed E-state index contributed by atoms with van der Waals surface area (Å²) in [4.78, 5) is 4.29. The number of aryl methyl sites for hydroxylation is 1. The third-order valence-corrected chi connectivity index (χ3v) is 2.54. The van der Waals surface area contributed by atoms with E-state index in [1.807, 2.05) is 17.7 Å². The Kier molecular flexibility index (Phi) is 3.01. The minimum Gasteiger partial charge on any atom is -0.337 e. The van der Waals surface area contributed by atoms with Gasteiger partial charge in [0.15, 0.2) is 0 Å². The molecule has 1 aromatic carbocycles. The van der Waals surface area contributed by atoms with Gasteiger partial charge in [0.1, 0.15) is 5.82 Å². The van der Waals surface area contributed by atoms with Gasteiger partial charge in [-0.3, -0.25) is 0 Å². The molecule has 1 aromatic heterocycles. The van der Waals surface area contributed by atoms with E-state index in [2.05, 4.69) is 4.98 Å². The van der Waals surface area contributed by atoms with E-state index in [1.54, 1.807) is 12.4 Å². The number of rotatable bonds is 3. The van der Waals surface area contributed by atoms with E-state index in [9.17, 15) is 4.39 Å². The first-order valence-electron chi connectivity index (χ1n) is 5.18. The highest BCUT2D eigenvalue weighted by molar-refractivity contribution is 5.62. The van der Waals surface area contributed by atoms with Crippen LogP contribution in [0.25, 0.3) is 11.3 Å². The van der Waals surface area contributed by atoms with E-state index in [0.29, 0.717) is 6.54 Å². The summed E-state index contributed by atoms with van der Waals surface area (Å²) in [6.07, 6.45) is 2.47. The van der Waals surface area contributed by atoms with Crippen LogP contribution in [-0.4, -0.2) is 16.1 Å². The maximum Gasteiger partial charge on any atom is 0.123 e. The molecule has 0 unspecified atom stereocenters. The van der Waals surface area contributed by atoms with Gasteiger partial charge in [-0.2, -0.15) is 0 Å². The largest absolute Gasteiger partial charge is 0.337 e. The molecule has 1 heterocycles. The number of hydrogen-bond acceptors (Lipinski definition) is 2. The SMILES string of the molecule is Cn1cnc(-c2cccc(F)c2)c1CCN. The van der Waals surface area contributed by atoms with Crippen LogP contribution in [0, 0.1) is 5.82 Å². The van der Waals surface area contributed by atoms with Gasteiger partial charge in [0.25, 0.3) is 0 Å². The van der Waals surface area contributed by atoms with Crippen molar-refractivity contribution in [2.75, 3.05) is 6.54 Å². The summed E-state index contributed by atoms with van der Waals surface area (Å²) in [6.45, 7) is 0.557. The van der Waals surface area contributed by atoms with Gasteiger partial charge in [-0.05, 0) is 18.7 Å². The van der Waals surface area contributed by atoms with Crippen molar-refractivity contribution in [3.8, 4) is 11.3 Å². The first kappa shape index (κ1) is 10.8. The topological polar surface area (TPSA) is 43.8 Å². The number of benzene rings is 1. The monoisotopic (exact) mass is 219 g/mol. The predicted octanol–water partition coefficient (Wildman–Crippen LogP) is 1.73. The Bertz CT molecular complexity index is 491. The molecular formula is C12H14FN3. The normalized spacial score (nSPS) is 10.7. The van der Waals surface area contributed by atoms with E-state index in [1.165, 1.54) is 12.1 Å². The molecule has 0 aliphatic carbocycles. The molecular weight excluding hydrogens is 205 g/mol. The second-order valence-corrected chi connectivity index (χ2v) is 3.70. The van der Waals surface area contributed by atoms with Crippen LogP contribution in [-0.2, 0) is 13.5 Å². The lowest BCUT2D eigenvalue weighted by atomic mass is 10.1. The van der Waals surface area contributed by atoms with Crippen LogP contribution < -0.4 is 5.73 Å². The molecule has 0 atom stereocenters. The average molecular weight is 219 g/mol. The molecule has 0 bridgehead atoms. The molecule has 0 spiro atoms. The van der Waals surface area contributed by atoms with E-state index in [4.69, 9.17) is 5.73 Å². The highest BCUT2D eigenvalue weighted by Crippen LogP contribution is 2.22. The lowest BCUT2D eigenvalue weighted by molar-refractivity contribution is 0.628. The second-order valence-electron chi connectivity index (χ2n) is 3.70. The summed E-state index contributed by atoms with van der Waals surface area (Å²) in [5, 5.41) is 0. The van der Waals surface area contributed by atoms with Gasteiger partial charge in [0.05, 0.1) is 12.0 Å². The summed E-state index contributed by atoms with van der Waals surface area (Å²) in [5.41, 5.74) is 8.19. The first-order valence-corrected chi connectivity index (χ1v) is 5.18. The van der Waals surface area contributed by atoms with E-state index < -0.39 is 0 Å². The maximum atomic E-state index is 13.1. The molecule has 0 aliphatic heterocycles. The van der Waals surface area contributed by atoms with Gasteiger partial charge >= 0.3 is 0 Å². The smallest absolute Gasteiger partial charge is 0.123 e. The zero-order chi connectivity index (χ0) is 11.5. The summed E-state index contributed by atoms with van der Waals surface area (Å²) in [5.74, 6) is -0.248. The van der Waals surface area contributed by atoms with Crippen molar-refractivity contribution < 1.29 is 4.39 Å². The Morgan fingerprint density at radius 1 is 1.44 bits per heavy atom. The Morgan fingerprint density at radius 3 is 2.94 bits per heavy atom. The van der Waals surface area contributed by atoms with E-state index in [-0.39, 0.29) is 5.82 Å². The molecule has 16 heavy (non-hydrogen) atoms. The number of hydrogen-bond donors (Lipinski definition) is 1. The van der Waals surface area contributed by atoms with Gasteiger partial charge in [0.2, 0.25) is 0 Å². The lowest BCUT2D eigenvalue weighted by Gasteiger charge is -2.04. The molecule has 0 radical (unpaired) electrons. The highest BCUT2D eigenvalue weighted by atomic mass is 19.1. The third-order valence-electron chi connectivity index (χ3n) is 2.54. The fourth-order valence-corrected chi connectivity index (χ4v) is 1.76. The van der Waals surface area contributed by atoms with Gasteiger partial charge in [-0.1, -0.05) is 12.1 Å². The van der Waals surface area contributed by atoms with Crippen molar-refractivity contribution in [2.45, 2.75) is 6.42 Å². The maximum absolute atomic E-state index is 13.1. The summed E-state index contributed by atoms with van der Waals surface area (Å²) >= 11 is 0. The Labute approximate surface area is 93.7 Å². The minimum absolute atomic E-state index is 0.248. The Hall–Kier alpha value is -1.68. The van der Waals surface area contributed by atoms with Crippen molar-refractivity contribution in [3.63, 3.8) is 0 Å². The molecule has 84 valence electrons. The number of nitrogens with zero attached hydrogens (tertiary/aromatic N) is 2. The number of imidazole rings is 1. The number of halogens is 1. The van der Waals surface area contributed by atoms with Crippen molar-refractivity contribution in [1.29, 1.82) is 0 Å². The van der Waals surface area contributed by atoms with Crippen LogP contribution in [0.1, 0.15) is 5.69 Å². The summed E-state index contributed by atoms with van der Waals surface area (Å²) < 4.78 is 15.0. The van der Waals surface area contributed by atoms with Crippen molar-refractivity contribution in [3.05, 3.63) is 42.1 Å². The Balaban J connectivity index is 2.47. The molecule has 2 aromatic rings. The third kappa shape index (κ3) is 1.97. The van der Waals surface area contributed by atoms with Crippen molar-refractivity contribution in [2.24, 2.45) is 12.8 Å². The molecule has 0 amide bonds. The first-order chi connectivity index (χ1) is 7.72. The fraction of sp³-hybridized carbons (Fsp3) is 0.250. The summed E-state index contributed by atoms with van der Waals surface area (Å²) in [6, 6.07) is 6.45. The van der Waals surface area contributed by atoms with E-state index >= 15 is 0 Å². The van der Waals surface area contributed by atoms with Gasteiger partial charge in [-0.15, -0.1) is 0 Å². The average Bonchev–Trinajstić information content (AvgIpc) is 2.61. The molecule has 2 rings (SSSR count). The molecule has 0 saturated carbocycles. The quantitative estimate of drug-likeness (QED) is 0.854. The summed E-state index contributed by atoms with van der Waals surface area (Å²) in [7, 11) is 1.92. The van der Waals surface area contributed by atoms with Gasteiger partial charge < -0.3 is 10.3 Å². The molecule has 4 heteroatoms. The number of nitrogens with two attached hydrogens (primary N) is 1. The second kappa shape index (κ2) is 4.45. The van der Waals surface area contributed by atoms with Crippen LogP contribution in [0.2, 0.25) is 0 Å². The zero-order valence-electron chi connectivity index (χ0n) is 9.15. The lowest BCUT2D eigenvalue weighted by Crippen LogP contribution is -2.07. The Morgan fingerprint density at radius 2 is 2.25 bits per heavy atom. The van der Waals surface area contributed by atoms with Crippen LogP contribution in [0.15, 0.2) is 30.6 Å². The van der Waals surface area contributed by atoms with Gasteiger partial charge in [0, 0.05) is 24.7 Å². The van der Waals surface area contributed by atoms with Crippen molar-refractivity contribution >= 4 is 0 Å². The molecule has 0 saturated heterocycles. The van der Waals surface area contributed by atoms with E-state index in [0.717, 1.165) is 23.4 Å². The highest BCUT2D eigenvalue weighted by Gasteiger charge is 2.10. The molecule has 3 nitrogen and oxygen atoms in total. The predicted molar refractivity (Wildman–Crippen MR) is 61.4 cm³/mol. The minimum atomic E-state index is -0.248.